The SMILES string of the molecule is CNc1nc(N(C)c2ccc(C#N)cc2)c2[nH]cnc2n1. The second kappa shape index (κ2) is 5.09. The van der Waals surface area contributed by atoms with Gasteiger partial charge in [0.1, 0.15) is 5.52 Å². The van der Waals surface area contributed by atoms with Crippen LogP contribution in [0.4, 0.5) is 17.5 Å². The molecule has 104 valence electrons. The number of rotatable bonds is 3. The molecule has 1 aromatic carbocycles. The molecule has 2 aromatic heterocycles. The lowest BCUT2D eigenvalue weighted by molar-refractivity contribution is 1.10. The summed E-state index contributed by atoms with van der Waals surface area (Å²) >= 11 is 0. The Hall–Kier alpha value is -3.14. The van der Waals surface area contributed by atoms with Gasteiger partial charge >= 0.3 is 0 Å². The molecule has 0 radical (unpaired) electrons. The zero-order valence-corrected chi connectivity index (χ0v) is 11.6. The molecular formula is C14H13N7. The van der Waals surface area contributed by atoms with Gasteiger partial charge in [-0.1, -0.05) is 0 Å². The predicted octanol–water partition coefficient (Wildman–Crippen LogP) is 2.03. The lowest BCUT2D eigenvalue weighted by atomic mass is 10.2. The highest BCUT2D eigenvalue weighted by molar-refractivity contribution is 5.86. The molecule has 2 heterocycles. The summed E-state index contributed by atoms with van der Waals surface area (Å²) in [5.41, 5.74) is 2.91. The van der Waals surface area contributed by atoms with Crippen LogP contribution in [0, 0.1) is 11.3 Å². The summed E-state index contributed by atoms with van der Waals surface area (Å²) < 4.78 is 0. The van der Waals surface area contributed by atoms with Gasteiger partial charge in [0.25, 0.3) is 0 Å². The van der Waals surface area contributed by atoms with Gasteiger partial charge in [-0.15, -0.1) is 0 Å². The van der Waals surface area contributed by atoms with Gasteiger partial charge in [0.05, 0.1) is 18.0 Å². The van der Waals surface area contributed by atoms with Crippen molar-refractivity contribution in [3.05, 3.63) is 36.2 Å². The number of hydrogen-bond donors (Lipinski definition) is 2. The minimum atomic E-state index is 0.505. The molecule has 0 amide bonds. The molecule has 0 aliphatic rings. The zero-order valence-electron chi connectivity index (χ0n) is 11.6. The number of imidazole rings is 1. The summed E-state index contributed by atoms with van der Waals surface area (Å²) in [6.45, 7) is 0. The maximum atomic E-state index is 8.86. The van der Waals surface area contributed by atoms with Crippen LogP contribution in [0.15, 0.2) is 30.6 Å². The summed E-state index contributed by atoms with van der Waals surface area (Å²) in [7, 11) is 3.67. The van der Waals surface area contributed by atoms with E-state index in [1.54, 1.807) is 25.5 Å². The number of fused-ring (bicyclic) bond motifs is 1. The minimum absolute atomic E-state index is 0.505. The highest BCUT2D eigenvalue weighted by atomic mass is 15.2. The molecule has 2 N–H and O–H groups in total. The van der Waals surface area contributed by atoms with Gasteiger partial charge in [-0.25, -0.2) is 4.98 Å². The molecule has 0 fully saturated rings. The van der Waals surface area contributed by atoms with Crippen LogP contribution in [0.25, 0.3) is 11.2 Å². The van der Waals surface area contributed by atoms with E-state index in [1.165, 1.54) is 0 Å². The van der Waals surface area contributed by atoms with Gasteiger partial charge < -0.3 is 15.2 Å². The van der Waals surface area contributed by atoms with Crippen LogP contribution < -0.4 is 10.2 Å². The molecule has 7 nitrogen and oxygen atoms in total. The highest BCUT2D eigenvalue weighted by Crippen LogP contribution is 2.27. The summed E-state index contributed by atoms with van der Waals surface area (Å²) in [5.74, 6) is 1.22. The first-order chi connectivity index (χ1) is 10.2. The van der Waals surface area contributed by atoms with E-state index in [-0.39, 0.29) is 0 Å². The van der Waals surface area contributed by atoms with Gasteiger partial charge in [-0.05, 0) is 24.3 Å². The fraction of sp³-hybridized carbons (Fsp3) is 0.143. The van der Waals surface area contributed by atoms with Crippen LogP contribution in [0.2, 0.25) is 0 Å². The number of benzene rings is 1. The smallest absolute Gasteiger partial charge is 0.226 e. The van der Waals surface area contributed by atoms with Crippen molar-refractivity contribution < 1.29 is 0 Å². The van der Waals surface area contributed by atoms with E-state index >= 15 is 0 Å². The summed E-state index contributed by atoms with van der Waals surface area (Å²) in [6, 6.07) is 9.41. The van der Waals surface area contributed by atoms with Crippen molar-refractivity contribution in [2.24, 2.45) is 0 Å². The van der Waals surface area contributed by atoms with Crippen LogP contribution >= 0.6 is 0 Å². The maximum absolute atomic E-state index is 8.86. The van der Waals surface area contributed by atoms with Crippen LogP contribution in [-0.4, -0.2) is 34.0 Å². The van der Waals surface area contributed by atoms with Gasteiger partial charge in [0.15, 0.2) is 11.5 Å². The molecule has 21 heavy (non-hydrogen) atoms. The molecular weight excluding hydrogens is 266 g/mol. The predicted molar refractivity (Wildman–Crippen MR) is 80.5 cm³/mol. The topological polar surface area (TPSA) is 93.5 Å². The lowest BCUT2D eigenvalue weighted by Crippen LogP contribution is -2.13. The Morgan fingerprint density at radius 1 is 1.24 bits per heavy atom. The van der Waals surface area contributed by atoms with E-state index in [4.69, 9.17) is 5.26 Å². The number of nitrogens with one attached hydrogen (secondary N) is 2. The van der Waals surface area contributed by atoms with E-state index in [0.29, 0.717) is 23.0 Å². The summed E-state index contributed by atoms with van der Waals surface area (Å²) in [6.07, 6.45) is 1.59. The van der Waals surface area contributed by atoms with Crippen LogP contribution in [0.5, 0.6) is 0 Å². The van der Waals surface area contributed by atoms with E-state index < -0.39 is 0 Å². The number of aromatic amines is 1. The third kappa shape index (κ3) is 2.23. The van der Waals surface area contributed by atoms with E-state index in [2.05, 4.69) is 31.3 Å². The second-order valence-corrected chi connectivity index (χ2v) is 4.44. The number of nitrogens with zero attached hydrogens (tertiary/aromatic N) is 5. The van der Waals surface area contributed by atoms with E-state index in [1.807, 2.05) is 24.1 Å². The first kappa shape index (κ1) is 12.9. The van der Waals surface area contributed by atoms with Gasteiger partial charge in [-0.3, -0.25) is 0 Å². The fourth-order valence-electron chi connectivity index (χ4n) is 2.05. The average Bonchev–Trinajstić information content (AvgIpc) is 3.01. The number of nitriles is 1. The fourth-order valence-corrected chi connectivity index (χ4v) is 2.05. The number of hydrogen-bond acceptors (Lipinski definition) is 6. The zero-order chi connectivity index (χ0) is 14.8. The lowest BCUT2D eigenvalue weighted by Gasteiger charge is -2.19. The molecule has 0 aliphatic carbocycles. The van der Waals surface area contributed by atoms with Gasteiger partial charge in [0, 0.05) is 19.8 Å². The quantitative estimate of drug-likeness (QED) is 0.762. The monoisotopic (exact) mass is 279 g/mol. The Labute approximate surface area is 121 Å². The highest BCUT2D eigenvalue weighted by Gasteiger charge is 2.14. The number of aromatic nitrogens is 4. The second-order valence-electron chi connectivity index (χ2n) is 4.44. The molecule has 0 saturated heterocycles. The molecule has 0 aliphatic heterocycles. The number of H-pyrrole nitrogens is 1. The molecule has 0 unspecified atom stereocenters. The first-order valence-electron chi connectivity index (χ1n) is 6.35. The third-order valence-corrected chi connectivity index (χ3v) is 3.19. The minimum Gasteiger partial charge on any atom is -0.357 e. The normalized spacial score (nSPS) is 10.3. The Morgan fingerprint density at radius 2 is 2.00 bits per heavy atom. The molecule has 0 atom stereocenters. The Morgan fingerprint density at radius 3 is 2.67 bits per heavy atom. The van der Waals surface area contributed by atoms with Crippen LogP contribution in [-0.2, 0) is 0 Å². The van der Waals surface area contributed by atoms with E-state index in [0.717, 1.165) is 11.2 Å². The van der Waals surface area contributed by atoms with Crippen molar-refractivity contribution >= 4 is 28.6 Å². The van der Waals surface area contributed by atoms with Crippen LogP contribution in [0.1, 0.15) is 5.56 Å². The first-order valence-corrected chi connectivity index (χ1v) is 6.35. The van der Waals surface area contributed by atoms with Gasteiger partial charge in [0.2, 0.25) is 5.95 Å². The largest absolute Gasteiger partial charge is 0.357 e. The standard InChI is InChI=1S/C14H13N7/c1-16-14-19-12-11(17-8-18-12)13(20-14)21(2)10-5-3-9(7-15)4-6-10/h3-6,8H,1-2H3,(H2,16,17,18,19,20). The third-order valence-electron chi connectivity index (χ3n) is 3.19. The Bertz CT molecular complexity index is 813. The molecule has 3 rings (SSSR count). The Kier molecular flexibility index (Phi) is 3.12. The van der Waals surface area contributed by atoms with Crippen molar-refractivity contribution in [3.63, 3.8) is 0 Å². The van der Waals surface area contributed by atoms with Gasteiger partial charge in [-0.2, -0.15) is 15.2 Å². The van der Waals surface area contributed by atoms with Crippen molar-refractivity contribution in [2.75, 3.05) is 24.3 Å². The van der Waals surface area contributed by atoms with Crippen molar-refractivity contribution in [3.8, 4) is 6.07 Å². The average molecular weight is 279 g/mol. The molecule has 0 spiro atoms. The molecule has 0 bridgehead atoms. The summed E-state index contributed by atoms with van der Waals surface area (Å²) in [5, 5.41) is 11.8. The Balaban J connectivity index is 2.09. The molecule has 7 heteroatoms. The van der Waals surface area contributed by atoms with Crippen LogP contribution in [0.3, 0.4) is 0 Å². The molecule has 0 saturated carbocycles. The molecule has 3 aromatic rings. The van der Waals surface area contributed by atoms with E-state index in [9.17, 15) is 0 Å². The van der Waals surface area contributed by atoms with Crippen molar-refractivity contribution in [2.45, 2.75) is 0 Å². The maximum Gasteiger partial charge on any atom is 0.226 e. The summed E-state index contributed by atoms with van der Waals surface area (Å²) in [4.78, 5) is 17.9. The van der Waals surface area contributed by atoms with Crippen molar-refractivity contribution in [1.29, 1.82) is 5.26 Å². The number of anilines is 3. The van der Waals surface area contributed by atoms with Crippen molar-refractivity contribution in [1.82, 2.24) is 19.9 Å².